The van der Waals surface area contributed by atoms with Gasteiger partial charge in [-0.2, -0.15) is 0 Å². The van der Waals surface area contributed by atoms with Crippen LogP contribution in [0, 0.1) is 5.41 Å². The standard InChI is InChI=1S/C16H32N2O/c1-16(2,3)15(14-19)13-18-12-10-8-6-4-5-7-9-11-17/h18H,4-13,17H2,1-3H3. The normalized spacial score (nSPS) is 11.4. The van der Waals surface area contributed by atoms with E-state index in [1.54, 1.807) is 0 Å². The molecule has 19 heavy (non-hydrogen) atoms. The summed E-state index contributed by atoms with van der Waals surface area (Å²) in [5.74, 6) is 2.07. The van der Waals surface area contributed by atoms with Crippen molar-refractivity contribution in [3.63, 3.8) is 0 Å². The molecule has 0 aliphatic heterocycles. The predicted octanol–water partition coefficient (Wildman–Crippen LogP) is 3.07. The number of unbranched alkanes of at least 4 members (excludes halogenated alkanes) is 6. The van der Waals surface area contributed by atoms with E-state index in [1.165, 1.54) is 38.5 Å². The first-order valence-electron chi connectivity index (χ1n) is 7.67. The number of nitrogens with two attached hydrogens (primary N) is 1. The molecule has 112 valence electrons. The van der Waals surface area contributed by atoms with Gasteiger partial charge in [-0.05, 0) is 31.3 Å². The molecule has 3 nitrogen and oxygen atoms in total. The number of rotatable bonds is 11. The molecular weight excluding hydrogens is 236 g/mol. The van der Waals surface area contributed by atoms with Crippen molar-refractivity contribution < 1.29 is 4.79 Å². The summed E-state index contributed by atoms with van der Waals surface area (Å²) in [5.41, 5.74) is 6.21. The molecule has 0 amide bonds. The van der Waals surface area contributed by atoms with E-state index in [2.05, 4.69) is 32.0 Å². The van der Waals surface area contributed by atoms with Crippen LogP contribution < -0.4 is 11.1 Å². The van der Waals surface area contributed by atoms with Gasteiger partial charge in [-0.25, -0.2) is 4.79 Å². The molecule has 0 rings (SSSR count). The SMILES string of the molecule is CC(C)(C)C(=C=O)CNCCCCCCCCCN. The second-order valence-corrected chi connectivity index (χ2v) is 6.27. The Hall–Kier alpha value is -0.630. The molecule has 0 aromatic carbocycles. The Kier molecular flexibility index (Phi) is 10.8. The summed E-state index contributed by atoms with van der Waals surface area (Å²) in [5, 5.41) is 3.34. The summed E-state index contributed by atoms with van der Waals surface area (Å²) in [6, 6.07) is 0. The quantitative estimate of drug-likeness (QED) is 0.447. The van der Waals surface area contributed by atoms with E-state index in [0.29, 0.717) is 6.54 Å². The van der Waals surface area contributed by atoms with Gasteiger partial charge < -0.3 is 11.1 Å². The molecular formula is C16H32N2O. The van der Waals surface area contributed by atoms with Gasteiger partial charge in [0.2, 0.25) is 0 Å². The number of carbonyl (C=O) groups excluding carboxylic acids is 1. The minimum absolute atomic E-state index is 0.0717. The lowest BCUT2D eigenvalue weighted by Crippen LogP contribution is -2.25. The molecule has 0 aliphatic carbocycles. The molecule has 0 heterocycles. The van der Waals surface area contributed by atoms with Crippen molar-refractivity contribution in [1.29, 1.82) is 0 Å². The largest absolute Gasteiger partial charge is 0.330 e. The highest BCUT2D eigenvalue weighted by Gasteiger charge is 2.17. The molecule has 0 saturated carbocycles. The van der Waals surface area contributed by atoms with Crippen LogP contribution in [0.1, 0.15) is 65.7 Å². The predicted molar refractivity (Wildman–Crippen MR) is 82.9 cm³/mol. The Morgan fingerprint density at radius 1 is 1.00 bits per heavy atom. The Morgan fingerprint density at radius 2 is 1.53 bits per heavy atom. The topological polar surface area (TPSA) is 55.1 Å². The van der Waals surface area contributed by atoms with Crippen LogP contribution in [0.3, 0.4) is 0 Å². The Bertz CT molecular complexity index is 262. The Morgan fingerprint density at radius 3 is 2.00 bits per heavy atom. The zero-order valence-electron chi connectivity index (χ0n) is 13.1. The van der Waals surface area contributed by atoms with Crippen LogP contribution in [-0.4, -0.2) is 25.6 Å². The van der Waals surface area contributed by atoms with Crippen molar-refractivity contribution >= 4 is 5.94 Å². The third-order valence-electron chi connectivity index (χ3n) is 3.39. The van der Waals surface area contributed by atoms with Crippen LogP contribution in [0.15, 0.2) is 5.57 Å². The van der Waals surface area contributed by atoms with Gasteiger partial charge >= 0.3 is 0 Å². The van der Waals surface area contributed by atoms with E-state index in [0.717, 1.165) is 25.1 Å². The summed E-state index contributed by atoms with van der Waals surface area (Å²) in [4.78, 5) is 10.8. The molecule has 0 bridgehead atoms. The first-order valence-corrected chi connectivity index (χ1v) is 7.67. The van der Waals surface area contributed by atoms with Crippen molar-refractivity contribution in [2.24, 2.45) is 11.1 Å². The second kappa shape index (κ2) is 11.2. The molecule has 0 radical (unpaired) electrons. The van der Waals surface area contributed by atoms with E-state index in [-0.39, 0.29) is 5.41 Å². The lowest BCUT2D eigenvalue weighted by molar-refractivity contribution is 0.471. The fourth-order valence-electron chi connectivity index (χ4n) is 1.95. The van der Waals surface area contributed by atoms with Crippen LogP contribution in [0.4, 0.5) is 0 Å². The van der Waals surface area contributed by atoms with Crippen LogP contribution in [0.5, 0.6) is 0 Å². The Labute approximate surface area is 119 Å². The van der Waals surface area contributed by atoms with E-state index in [9.17, 15) is 4.79 Å². The summed E-state index contributed by atoms with van der Waals surface area (Å²) in [6.07, 6.45) is 8.83. The van der Waals surface area contributed by atoms with Gasteiger partial charge in [-0.3, -0.25) is 0 Å². The highest BCUT2D eigenvalue weighted by molar-refractivity contribution is 5.55. The average Bonchev–Trinajstić information content (AvgIpc) is 2.34. The number of hydrogen-bond donors (Lipinski definition) is 2. The summed E-state index contributed by atoms with van der Waals surface area (Å²) in [6.45, 7) is 8.64. The molecule has 0 aliphatic rings. The lowest BCUT2D eigenvalue weighted by atomic mass is 9.87. The third-order valence-corrected chi connectivity index (χ3v) is 3.39. The van der Waals surface area contributed by atoms with Crippen LogP contribution >= 0.6 is 0 Å². The van der Waals surface area contributed by atoms with Gasteiger partial charge in [0.15, 0.2) is 0 Å². The van der Waals surface area contributed by atoms with Crippen molar-refractivity contribution in [2.45, 2.75) is 65.7 Å². The number of nitrogens with one attached hydrogen (secondary N) is 1. The van der Waals surface area contributed by atoms with Crippen LogP contribution in [0.2, 0.25) is 0 Å². The maximum Gasteiger partial charge on any atom is 0.125 e. The molecule has 0 atom stereocenters. The highest BCUT2D eigenvalue weighted by atomic mass is 16.1. The van der Waals surface area contributed by atoms with E-state index < -0.39 is 0 Å². The summed E-state index contributed by atoms with van der Waals surface area (Å²) in [7, 11) is 0. The molecule has 0 fully saturated rings. The zero-order chi connectivity index (χ0) is 14.6. The minimum Gasteiger partial charge on any atom is -0.330 e. The molecule has 0 saturated heterocycles. The van der Waals surface area contributed by atoms with Crippen LogP contribution in [-0.2, 0) is 4.79 Å². The first kappa shape index (κ1) is 18.4. The maximum atomic E-state index is 10.8. The summed E-state index contributed by atoms with van der Waals surface area (Å²) < 4.78 is 0. The molecule has 0 unspecified atom stereocenters. The van der Waals surface area contributed by atoms with E-state index in [4.69, 9.17) is 5.73 Å². The minimum atomic E-state index is -0.0717. The molecule has 0 aromatic heterocycles. The molecule has 0 aromatic rings. The third kappa shape index (κ3) is 10.9. The van der Waals surface area contributed by atoms with Crippen molar-refractivity contribution in [3.05, 3.63) is 5.57 Å². The molecule has 3 heteroatoms. The van der Waals surface area contributed by atoms with Gasteiger partial charge in [0.25, 0.3) is 0 Å². The van der Waals surface area contributed by atoms with E-state index >= 15 is 0 Å². The Balaban J connectivity index is 3.39. The fraction of sp³-hybridized carbons (Fsp3) is 0.875. The fourth-order valence-corrected chi connectivity index (χ4v) is 1.95. The van der Waals surface area contributed by atoms with Crippen molar-refractivity contribution in [1.82, 2.24) is 5.32 Å². The van der Waals surface area contributed by atoms with Crippen LogP contribution in [0.25, 0.3) is 0 Å². The zero-order valence-corrected chi connectivity index (χ0v) is 13.1. The smallest absolute Gasteiger partial charge is 0.125 e. The van der Waals surface area contributed by atoms with Crippen molar-refractivity contribution in [2.75, 3.05) is 19.6 Å². The number of hydrogen-bond acceptors (Lipinski definition) is 3. The average molecular weight is 268 g/mol. The summed E-state index contributed by atoms with van der Waals surface area (Å²) >= 11 is 0. The monoisotopic (exact) mass is 268 g/mol. The maximum absolute atomic E-state index is 10.8. The molecule has 0 spiro atoms. The lowest BCUT2D eigenvalue weighted by Gasteiger charge is -2.19. The van der Waals surface area contributed by atoms with Gasteiger partial charge in [0, 0.05) is 12.1 Å². The highest BCUT2D eigenvalue weighted by Crippen LogP contribution is 2.21. The van der Waals surface area contributed by atoms with Gasteiger partial charge in [0.1, 0.15) is 5.94 Å². The molecule has 3 N–H and O–H groups in total. The van der Waals surface area contributed by atoms with Gasteiger partial charge in [-0.1, -0.05) is 52.9 Å². The van der Waals surface area contributed by atoms with Crippen molar-refractivity contribution in [3.8, 4) is 0 Å². The first-order chi connectivity index (χ1) is 9.02. The second-order valence-electron chi connectivity index (χ2n) is 6.27. The van der Waals surface area contributed by atoms with E-state index in [1.807, 2.05) is 0 Å². The van der Waals surface area contributed by atoms with Gasteiger partial charge in [0.05, 0.1) is 0 Å². The van der Waals surface area contributed by atoms with Gasteiger partial charge in [-0.15, -0.1) is 0 Å².